The van der Waals surface area contributed by atoms with Gasteiger partial charge < -0.3 is 19.4 Å². The predicted molar refractivity (Wildman–Crippen MR) is 122 cm³/mol. The fourth-order valence-electron chi connectivity index (χ4n) is 3.15. The number of carbonyl (C=O) groups excluding carboxylic acids is 1. The van der Waals surface area contributed by atoms with E-state index >= 15 is 0 Å². The van der Waals surface area contributed by atoms with Gasteiger partial charge in [-0.3, -0.25) is 4.79 Å². The molecule has 0 aliphatic heterocycles. The number of hydrogen-bond acceptors (Lipinski definition) is 5. The number of rotatable bonds is 9. The van der Waals surface area contributed by atoms with Crippen LogP contribution in [0.4, 0.5) is 0 Å². The summed E-state index contributed by atoms with van der Waals surface area (Å²) in [6.45, 7) is 5.25. The summed E-state index contributed by atoms with van der Waals surface area (Å²) in [6.07, 6.45) is 0.974. The van der Waals surface area contributed by atoms with Crippen molar-refractivity contribution in [2.45, 2.75) is 43.8 Å². The number of ether oxygens (including phenoxy) is 2. The molecule has 0 radical (unpaired) electrons. The molecule has 6 nitrogen and oxygen atoms in total. The third-order valence-corrected chi connectivity index (χ3v) is 6.01. The molecule has 30 heavy (non-hydrogen) atoms. The van der Waals surface area contributed by atoms with Crippen molar-refractivity contribution in [2.24, 2.45) is 0 Å². The van der Waals surface area contributed by atoms with Gasteiger partial charge in [-0.1, -0.05) is 36.4 Å². The maximum atomic E-state index is 12.7. The summed E-state index contributed by atoms with van der Waals surface area (Å²) in [6, 6.07) is 11.3. The monoisotopic (exact) mass is 447 g/mol. The van der Waals surface area contributed by atoms with E-state index in [-0.39, 0.29) is 11.2 Å². The van der Waals surface area contributed by atoms with Gasteiger partial charge in [0.05, 0.1) is 30.5 Å². The number of fused-ring (bicyclic) bond motifs is 1. The van der Waals surface area contributed by atoms with Gasteiger partial charge in [-0.25, -0.2) is 4.98 Å². The molecule has 0 aliphatic rings. The molecule has 0 bridgehead atoms. The molecule has 3 aromatic rings. The van der Waals surface area contributed by atoms with Gasteiger partial charge in [0.2, 0.25) is 5.91 Å². The van der Waals surface area contributed by atoms with Crippen LogP contribution in [0.3, 0.4) is 0 Å². The SMILES string of the molecule is CCCn1c(SC(C)C(=O)NCc2ccc(OC)c(OC)c2)nc2cc(Cl)ccc21. The van der Waals surface area contributed by atoms with E-state index in [9.17, 15) is 4.79 Å². The Balaban J connectivity index is 1.69. The lowest BCUT2D eigenvalue weighted by Gasteiger charge is -2.14. The van der Waals surface area contributed by atoms with E-state index in [0.29, 0.717) is 23.1 Å². The number of nitrogens with one attached hydrogen (secondary N) is 1. The summed E-state index contributed by atoms with van der Waals surface area (Å²) >= 11 is 7.57. The number of benzene rings is 2. The molecule has 8 heteroatoms. The van der Waals surface area contributed by atoms with Crippen LogP contribution in [0.2, 0.25) is 5.02 Å². The predicted octanol–water partition coefficient (Wildman–Crippen LogP) is 4.91. The summed E-state index contributed by atoms with van der Waals surface area (Å²) < 4.78 is 12.7. The normalized spacial score (nSPS) is 12.0. The van der Waals surface area contributed by atoms with Crippen molar-refractivity contribution < 1.29 is 14.3 Å². The van der Waals surface area contributed by atoms with Crippen molar-refractivity contribution in [1.82, 2.24) is 14.9 Å². The molecular formula is C22H26ClN3O3S. The number of nitrogens with zero attached hydrogens (tertiary/aromatic N) is 2. The third kappa shape index (κ3) is 5.02. The Labute approximate surface area is 185 Å². The molecule has 0 saturated carbocycles. The number of thioether (sulfide) groups is 1. The lowest BCUT2D eigenvalue weighted by atomic mass is 10.2. The molecule has 0 saturated heterocycles. The highest BCUT2D eigenvalue weighted by Gasteiger charge is 2.19. The lowest BCUT2D eigenvalue weighted by Crippen LogP contribution is -2.30. The van der Waals surface area contributed by atoms with E-state index in [0.717, 1.165) is 34.7 Å². The zero-order valence-electron chi connectivity index (χ0n) is 17.6. The molecule has 1 aromatic heterocycles. The van der Waals surface area contributed by atoms with Crippen LogP contribution in [0.25, 0.3) is 11.0 Å². The van der Waals surface area contributed by atoms with Crippen molar-refractivity contribution in [3.63, 3.8) is 0 Å². The first-order valence-corrected chi connectivity index (χ1v) is 11.0. The zero-order chi connectivity index (χ0) is 21.7. The molecule has 160 valence electrons. The first-order valence-electron chi connectivity index (χ1n) is 9.77. The van der Waals surface area contributed by atoms with Gasteiger partial charge in [-0.15, -0.1) is 0 Å². The third-order valence-electron chi connectivity index (χ3n) is 4.69. The van der Waals surface area contributed by atoms with Crippen molar-refractivity contribution in [3.05, 3.63) is 47.0 Å². The minimum atomic E-state index is -0.298. The van der Waals surface area contributed by atoms with E-state index < -0.39 is 0 Å². The standard InChI is InChI=1S/C22H26ClN3O3S/c1-5-10-26-18-8-7-16(23)12-17(18)25-22(26)30-14(2)21(27)24-13-15-6-9-19(28-3)20(11-15)29-4/h6-9,11-12,14H,5,10,13H2,1-4H3,(H,24,27). The summed E-state index contributed by atoms with van der Waals surface area (Å²) in [5, 5.41) is 4.17. The summed E-state index contributed by atoms with van der Waals surface area (Å²) in [5.74, 6) is 1.24. The molecule has 1 amide bonds. The molecule has 1 unspecified atom stereocenters. The van der Waals surface area contributed by atoms with E-state index in [4.69, 9.17) is 26.1 Å². The molecular weight excluding hydrogens is 422 g/mol. The van der Waals surface area contributed by atoms with E-state index in [1.165, 1.54) is 11.8 Å². The second-order valence-corrected chi connectivity index (χ2v) is 8.59. The van der Waals surface area contributed by atoms with Crippen molar-refractivity contribution >= 4 is 40.3 Å². The summed E-state index contributed by atoms with van der Waals surface area (Å²) in [4.78, 5) is 17.4. The largest absolute Gasteiger partial charge is 0.493 e. The number of hydrogen-bond donors (Lipinski definition) is 1. The van der Waals surface area contributed by atoms with Gasteiger partial charge in [-0.2, -0.15) is 0 Å². The average molecular weight is 448 g/mol. The molecule has 2 aromatic carbocycles. The van der Waals surface area contributed by atoms with Crippen LogP contribution in [0.15, 0.2) is 41.6 Å². The zero-order valence-corrected chi connectivity index (χ0v) is 19.1. The molecule has 1 atom stereocenters. The second-order valence-electron chi connectivity index (χ2n) is 6.85. The number of imidazole rings is 1. The molecule has 0 spiro atoms. The molecule has 0 aliphatic carbocycles. The fraction of sp³-hybridized carbons (Fsp3) is 0.364. The molecule has 3 rings (SSSR count). The van der Waals surface area contributed by atoms with Crippen LogP contribution >= 0.6 is 23.4 Å². The Bertz CT molecular complexity index is 1040. The van der Waals surface area contributed by atoms with Crippen LogP contribution in [0.5, 0.6) is 11.5 Å². The smallest absolute Gasteiger partial charge is 0.233 e. The maximum Gasteiger partial charge on any atom is 0.233 e. The van der Waals surface area contributed by atoms with Gasteiger partial charge in [0.25, 0.3) is 0 Å². The Morgan fingerprint density at radius 2 is 1.97 bits per heavy atom. The highest BCUT2D eigenvalue weighted by Crippen LogP contribution is 2.30. The van der Waals surface area contributed by atoms with Crippen molar-refractivity contribution in [3.8, 4) is 11.5 Å². The van der Waals surface area contributed by atoms with Crippen molar-refractivity contribution in [1.29, 1.82) is 0 Å². The van der Waals surface area contributed by atoms with Crippen LogP contribution in [-0.4, -0.2) is 34.9 Å². The first kappa shape index (κ1) is 22.3. The minimum absolute atomic E-state index is 0.0529. The Morgan fingerprint density at radius 3 is 2.67 bits per heavy atom. The Morgan fingerprint density at radius 1 is 1.20 bits per heavy atom. The van der Waals surface area contributed by atoms with E-state index in [1.54, 1.807) is 14.2 Å². The number of aromatic nitrogens is 2. The number of methoxy groups -OCH3 is 2. The van der Waals surface area contributed by atoms with Crippen LogP contribution in [-0.2, 0) is 17.9 Å². The van der Waals surface area contributed by atoms with Gasteiger partial charge >= 0.3 is 0 Å². The summed E-state index contributed by atoms with van der Waals surface area (Å²) in [5.41, 5.74) is 2.81. The maximum absolute atomic E-state index is 12.7. The topological polar surface area (TPSA) is 65.4 Å². The van der Waals surface area contributed by atoms with Crippen molar-refractivity contribution in [2.75, 3.05) is 14.2 Å². The average Bonchev–Trinajstić information content (AvgIpc) is 3.07. The van der Waals surface area contributed by atoms with Crippen LogP contribution < -0.4 is 14.8 Å². The highest BCUT2D eigenvalue weighted by atomic mass is 35.5. The van der Waals surface area contributed by atoms with Gasteiger partial charge in [-0.05, 0) is 49.2 Å². The van der Waals surface area contributed by atoms with Crippen LogP contribution in [0, 0.1) is 0 Å². The van der Waals surface area contributed by atoms with E-state index in [1.807, 2.05) is 43.3 Å². The number of carbonyl (C=O) groups is 1. The fourth-order valence-corrected chi connectivity index (χ4v) is 4.29. The second kappa shape index (κ2) is 10.1. The van der Waals surface area contributed by atoms with Gasteiger partial charge in [0.15, 0.2) is 16.7 Å². The van der Waals surface area contributed by atoms with Gasteiger partial charge in [0.1, 0.15) is 0 Å². The minimum Gasteiger partial charge on any atom is -0.493 e. The molecule has 1 heterocycles. The van der Waals surface area contributed by atoms with Gasteiger partial charge in [0, 0.05) is 18.1 Å². The number of amides is 1. The van der Waals surface area contributed by atoms with Crippen LogP contribution in [0.1, 0.15) is 25.8 Å². The quantitative estimate of drug-likeness (QED) is 0.472. The molecule has 0 fully saturated rings. The number of aryl methyl sites for hydroxylation is 1. The Hall–Kier alpha value is -2.38. The Kier molecular flexibility index (Phi) is 7.50. The molecule has 1 N–H and O–H groups in total. The lowest BCUT2D eigenvalue weighted by molar-refractivity contribution is -0.120. The first-order chi connectivity index (χ1) is 14.5. The van der Waals surface area contributed by atoms with E-state index in [2.05, 4.69) is 16.8 Å². The number of halogens is 1. The highest BCUT2D eigenvalue weighted by molar-refractivity contribution is 8.00. The summed E-state index contributed by atoms with van der Waals surface area (Å²) in [7, 11) is 3.19.